The summed E-state index contributed by atoms with van der Waals surface area (Å²) in [4.78, 5) is 2.49. The van der Waals surface area contributed by atoms with Crippen LogP contribution in [0.5, 0.6) is 0 Å². The minimum absolute atomic E-state index is 0.289. The Morgan fingerprint density at radius 1 is 0.889 bits per heavy atom. The van der Waals surface area contributed by atoms with Crippen LogP contribution in [0.4, 0.5) is 5.69 Å². The molecule has 1 aliphatic rings. The molecule has 1 aliphatic heterocycles. The third kappa shape index (κ3) is 2.01. The Kier molecular flexibility index (Phi) is 2.83. The van der Waals surface area contributed by atoms with Gasteiger partial charge >= 0.3 is 0 Å². The number of rotatable bonds is 2. The van der Waals surface area contributed by atoms with Crippen LogP contribution in [0.3, 0.4) is 0 Å². The number of para-hydroxylation sites is 1. The van der Waals surface area contributed by atoms with Crippen LogP contribution in [-0.4, -0.2) is 13.1 Å². The molecule has 3 rings (SSSR count). The van der Waals surface area contributed by atoms with E-state index in [1.165, 1.54) is 17.7 Å². The molecule has 1 unspecified atom stereocenters. The smallest absolute Gasteiger partial charge is 0.0366 e. The third-order valence-corrected chi connectivity index (χ3v) is 4.07. The summed E-state index contributed by atoms with van der Waals surface area (Å²) in [6, 6.07) is 21.6. The van der Waals surface area contributed by atoms with Crippen LogP contribution >= 0.6 is 0 Å². The summed E-state index contributed by atoms with van der Waals surface area (Å²) in [5.41, 5.74) is 3.09. The van der Waals surface area contributed by atoms with Crippen LogP contribution in [-0.2, 0) is 5.41 Å². The van der Waals surface area contributed by atoms with Gasteiger partial charge in [-0.05, 0) is 24.1 Å². The van der Waals surface area contributed by atoms with E-state index in [0.717, 1.165) is 13.1 Å². The van der Waals surface area contributed by atoms with Gasteiger partial charge in [0, 0.05) is 24.2 Å². The Morgan fingerprint density at radius 3 is 2.17 bits per heavy atom. The topological polar surface area (TPSA) is 3.24 Å². The molecule has 18 heavy (non-hydrogen) atoms. The zero-order valence-electron chi connectivity index (χ0n) is 10.8. The molecule has 92 valence electrons. The first-order chi connectivity index (χ1) is 8.78. The molecule has 1 saturated heterocycles. The van der Waals surface area contributed by atoms with Crippen molar-refractivity contribution in [2.75, 3.05) is 18.0 Å². The van der Waals surface area contributed by atoms with Gasteiger partial charge in [-0.1, -0.05) is 55.5 Å². The summed E-state index contributed by atoms with van der Waals surface area (Å²) in [6.45, 7) is 4.64. The summed E-state index contributed by atoms with van der Waals surface area (Å²) < 4.78 is 0. The number of hydrogen-bond acceptors (Lipinski definition) is 1. The van der Waals surface area contributed by atoms with Gasteiger partial charge in [0.15, 0.2) is 0 Å². The molecule has 2 aromatic rings. The zero-order valence-corrected chi connectivity index (χ0v) is 10.8. The highest BCUT2D eigenvalue weighted by atomic mass is 15.2. The molecule has 0 aliphatic carbocycles. The van der Waals surface area contributed by atoms with E-state index in [1.807, 2.05) is 0 Å². The summed E-state index contributed by atoms with van der Waals surface area (Å²) in [5.74, 6) is 0. The summed E-state index contributed by atoms with van der Waals surface area (Å²) in [6.07, 6.45) is 1.23. The highest BCUT2D eigenvalue weighted by Crippen LogP contribution is 2.36. The molecule has 1 heteroatoms. The van der Waals surface area contributed by atoms with E-state index in [-0.39, 0.29) is 5.41 Å². The Hall–Kier alpha value is -1.76. The van der Waals surface area contributed by atoms with Gasteiger partial charge in [-0.2, -0.15) is 0 Å². The van der Waals surface area contributed by atoms with Crippen LogP contribution in [0.15, 0.2) is 60.7 Å². The molecule has 1 fully saturated rings. The molecule has 0 amide bonds. The van der Waals surface area contributed by atoms with Gasteiger partial charge in [0.1, 0.15) is 0 Å². The number of benzene rings is 2. The number of anilines is 1. The van der Waals surface area contributed by atoms with Crippen LogP contribution in [0.1, 0.15) is 18.9 Å². The molecule has 0 spiro atoms. The van der Waals surface area contributed by atoms with Crippen molar-refractivity contribution >= 4 is 5.69 Å². The lowest BCUT2D eigenvalue weighted by Crippen LogP contribution is -2.27. The maximum absolute atomic E-state index is 2.49. The summed E-state index contributed by atoms with van der Waals surface area (Å²) in [5, 5.41) is 0. The molecule has 0 saturated carbocycles. The third-order valence-electron chi connectivity index (χ3n) is 4.07. The molecule has 1 nitrogen and oxygen atoms in total. The van der Waals surface area contributed by atoms with Gasteiger partial charge in [-0.15, -0.1) is 0 Å². The Morgan fingerprint density at radius 2 is 1.50 bits per heavy atom. The lowest BCUT2D eigenvalue weighted by Gasteiger charge is -2.26. The maximum Gasteiger partial charge on any atom is 0.0366 e. The molecule has 0 bridgehead atoms. The van der Waals surface area contributed by atoms with Crippen LogP contribution in [0, 0.1) is 0 Å². The van der Waals surface area contributed by atoms with Crippen LogP contribution in [0.2, 0.25) is 0 Å². The molecule has 1 atom stereocenters. The van der Waals surface area contributed by atoms with Crippen molar-refractivity contribution in [1.29, 1.82) is 0 Å². The highest BCUT2D eigenvalue weighted by molar-refractivity contribution is 5.49. The predicted molar refractivity (Wildman–Crippen MR) is 77.1 cm³/mol. The summed E-state index contributed by atoms with van der Waals surface area (Å²) in [7, 11) is 0. The average Bonchev–Trinajstić information content (AvgIpc) is 2.85. The minimum Gasteiger partial charge on any atom is -0.371 e. The van der Waals surface area contributed by atoms with E-state index in [4.69, 9.17) is 0 Å². The molecule has 0 aromatic heterocycles. The second-order valence-corrected chi connectivity index (χ2v) is 5.43. The van der Waals surface area contributed by atoms with Gasteiger partial charge in [-0.3, -0.25) is 0 Å². The highest BCUT2D eigenvalue weighted by Gasteiger charge is 2.35. The van der Waals surface area contributed by atoms with Crippen LogP contribution in [0.25, 0.3) is 0 Å². The Labute approximate surface area is 109 Å². The fourth-order valence-electron chi connectivity index (χ4n) is 2.90. The number of nitrogens with zero attached hydrogens (tertiary/aromatic N) is 1. The van der Waals surface area contributed by atoms with E-state index in [0.29, 0.717) is 0 Å². The van der Waals surface area contributed by atoms with Crippen molar-refractivity contribution in [2.24, 2.45) is 0 Å². The second-order valence-electron chi connectivity index (χ2n) is 5.43. The monoisotopic (exact) mass is 237 g/mol. The van der Waals surface area contributed by atoms with E-state index in [1.54, 1.807) is 0 Å². The van der Waals surface area contributed by atoms with E-state index < -0.39 is 0 Å². The van der Waals surface area contributed by atoms with Gasteiger partial charge < -0.3 is 4.90 Å². The van der Waals surface area contributed by atoms with Gasteiger partial charge in [0.05, 0.1) is 0 Å². The van der Waals surface area contributed by atoms with Gasteiger partial charge in [0.2, 0.25) is 0 Å². The van der Waals surface area contributed by atoms with E-state index in [9.17, 15) is 0 Å². The van der Waals surface area contributed by atoms with E-state index >= 15 is 0 Å². The number of hydrogen-bond donors (Lipinski definition) is 0. The van der Waals surface area contributed by atoms with Crippen molar-refractivity contribution in [3.8, 4) is 0 Å². The van der Waals surface area contributed by atoms with Crippen molar-refractivity contribution in [3.63, 3.8) is 0 Å². The normalized spacial score (nSPS) is 23.3. The quantitative estimate of drug-likeness (QED) is 0.766. The Bertz CT molecular complexity index is 506. The van der Waals surface area contributed by atoms with Crippen LogP contribution < -0.4 is 4.90 Å². The Balaban J connectivity index is 1.83. The van der Waals surface area contributed by atoms with Crippen molar-refractivity contribution in [2.45, 2.75) is 18.8 Å². The first kappa shape index (κ1) is 11.3. The fourth-order valence-corrected chi connectivity index (χ4v) is 2.90. The first-order valence-corrected chi connectivity index (χ1v) is 6.63. The zero-order chi connectivity index (χ0) is 12.4. The SMILES string of the molecule is CC1(c2ccccc2)CCN(c2ccccc2)C1. The van der Waals surface area contributed by atoms with Gasteiger partial charge in [0.25, 0.3) is 0 Å². The molecule has 0 radical (unpaired) electrons. The molecule has 2 aromatic carbocycles. The largest absolute Gasteiger partial charge is 0.371 e. The lowest BCUT2D eigenvalue weighted by atomic mass is 9.82. The van der Waals surface area contributed by atoms with Crippen molar-refractivity contribution < 1.29 is 0 Å². The maximum atomic E-state index is 2.49. The van der Waals surface area contributed by atoms with Crippen molar-refractivity contribution in [1.82, 2.24) is 0 Å². The average molecular weight is 237 g/mol. The van der Waals surface area contributed by atoms with Gasteiger partial charge in [-0.25, -0.2) is 0 Å². The summed E-state index contributed by atoms with van der Waals surface area (Å²) >= 11 is 0. The standard InChI is InChI=1S/C17H19N/c1-17(15-8-4-2-5-9-15)12-13-18(14-17)16-10-6-3-7-11-16/h2-11H,12-14H2,1H3. The molecule has 1 heterocycles. The first-order valence-electron chi connectivity index (χ1n) is 6.63. The lowest BCUT2D eigenvalue weighted by molar-refractivity contribution is 0.531. The fraction of sp³-hybridized carbons (Fsp3) is 0.294. The predicted octanol–water partition coefficient (Wildman–Crippen LogP) is 3.85. The molecular weight excluding hydrogens is 218 g/mol. The van der Waals surface area contributed by atoms with E-state index in [2.05, 4.69) is 72.5 Å². The van der Waals surface area contributed by atoms with Crippen molar-refractivity contribution in [3.05, 3.63) is 66.2 Å². The molecular formula is C17H19N. The minimum atomic E-state index is 0.289. The molecule has 0 N–H and O–H groups in total. The second kappa shape index (κ2) is 4.49.